The van der Waals surface area contributed by atoms with Crippen LogP contribution in [0.1, 0.15) is 58.1 Å². The van der Waals surface area contributed by atoms with Gasteiger partial charge in [0.1, 0.15) is 24.0 Å². The van der Waals surface area contributed by atoms with E-state index in [1.165, 1.54) is 17.2 Å². The van der Waals surface area contributed by atoms with E-state index in [0.717, 1.165) is 92.0 Å². The zero-order valence-electron chi connectivity index (χ0n) is 29.4. The molecule has 0 saturated carbocycles. The minimum atomic E-state index is -0.373. The Morgan fingerprint density at radius 2 is 1.80 bits per heavy atom. The summed E-state index contributed by atoms with van der Waals surface area (Å²) in [4.78, 5) is 22.5. The van der Waals surface area contributed by atoms with Gasteiger partial charge in [0.25, 0.3) is 0 Å². The number of methoxy groups -OCH3 is 1. The second-order valence-corrected chi connectivity index (χ2v) is 13.9. The largest absolute Gasteiger partial charge is 0.508 e. The van der Waals surface area contributed by atoms with Gasteiger partial charge < -0.3 is 24.5 Å². The van der Waals surface area contributed by atoms with Crippen LogP contribution in [0.25, 0.3) is 11.0 Å². The van der Waals surface area contributed by atoms with Crippen LogP contribution >= 0.6 is 11.6 Å². The van der Waals surface area contributed by atoms with Crippen molar-refractivity contribution < 1.29 is 23.8 Å². The lowest BCUT2D eigenvalue weighted by Gasteiger charge is -2.31. The van der Waals surface area contributed by atoms with Crippen molar-refractivity contribution in [2.45, 2.75) is 71.2 Å². The molecule has 3 aromatic carbocycles. The predicted molar refractivity (Wildman–Crippen MR) is 197 cm³/mol. The molecule has 2 aromatic heterocycles. The molecule has 1 unspecified atom stereocenters. The number of aromatic nitrogens is 3. The van der Waals surface area contributed by atoms with E-state index in [0.29, 0.717) is 34.7 Å². The number of hydrogen-bond acceptors (Lipinski definition) is 7. The van der Waals surface area contributed by atoms with Crippen LogP contribution in [0.3, 0.4) is 0 Å². The minimum Gasteiger partial charge on any atom is -0.508 e. The number of amides is 1. The van der Waals surface area contributed by atoms with Crippen molar-refractivity contribution in [3.63, 3.8) is 0 Å². The zero-order chi connectivity index (χ0) is 35.9. The number of aryl methyl sites for hydroxylation is 2. The first kappa shape index (κ1) is 36.3. The van der Waals surface area contributed by atoms with Gasteiger partial charge in [0.2, 0.25) is 12.3 Å². The zero-order valence-corrected chi connectivity index (χ0v) is 30.1. The Bertz CT molecular complexity index is 1950. The number of pyridine rings is 1. The molecule has 1 saturated heterocycles. The molecule has 1 aliphatic carbocycles. The van der Waals surface area contributed by atoms with Crippen molar-refractivity contribution in [1.29, 1.82) is 0 Å². The SMILES string of the molecule is COCCn1c(CN2CCC(c3cccc(OCc4ccc(Cl)cc4F)n3)CC2)nc2cc(C)ccc21.Cc1cc2c(cc1O)CC(NC=O)C2. The summed E-state index contributed by atoms with van der Waals surface area (Å²) in [6.07, 6.45) is 4.46. The Morgan fingerprint density at radius 3 is 2.55 bits per heavy atom. The van der Waals surface area contributed by atoms with Gasteiger partial charge in [0.15, 0.2) is 0 Å². The van der Waals surface area contributed by atoms with Crippen LogP contribution in [0, 0.1) is 19.7 Å². The van der Waals surface area contributed by atoms with E-state index in [2.05, 4.69) is 46.0 Å². The molecule has 268 valence electrons. The third-order valence-electron chi connectivity index (χ3n) is 9.76. The first-order valence-corrected chi connectivity index (χ1v) is 17.8. The second-order valence-electron chi connectivity index (χ2n) is 13.4. The van der Waals surface area contributed by atoms with Gasteiger partial charge in [-0.25, -0.2) is 14.4 Å². The highest BCUT2D eigenvalue weighted by Gasteiger charge is 2.24. The van der Waals surface area contributed by atoms with E-state index in [-0.39, 0.29) is 18.5 Å². The molecule has 2 aliphatic rings. The van der Waals surface area contributed by atoms with E-state index in [1.54, 1.807) is 25.3 Å². The van der Waals surface area contributed by atoms with Crippen LogP contribution in [0.2, 0.25) is 5.02 Å². The first-order chi connectivity index (χ1) is 24.7. The van der Waals surface area contributed by atoms with E-state index < -0.39 is 0 Å². The highest BCUT2D eigenvalue weighted by Crippen LogP contribution is 2.30. The maximum absolute atomic E-state index is 14.1. The molecule has 5 aromatic rings. The summed E-state index contributed by atoms with van der Waals surface area (Å²) in [5, 5.41) is 12.6. The number of carbonyl (C=O) groups is 1. The maximum Gasteiger partial charge on any atom is 0.213 e. The lowest BCUT2D eigenvalue weighted by atomic mass is 9.93. The summed E-state index contributed by atoms with van der Waals surface area (Å²) in [5.41, 5.74) is 8.18. The van der Waals surface area contributed by atoms with Crippen molar-refractivity contribution in [1.82, 2.24) is 24.8 Å². The van der Waals surface area contributed by atoms with Crippen molar-refractivity contribution in [2.24, 2.45) is 0 Å². The number of nitrogens with zero attached hydrogens (tertiary/aromatic N) is 4. The number of likely N-dealkylation sites (tertiary alicyclic amines) is 1. The molecule has 9 nitrogen and oxygen atoms in total. The van der Waals surface area contributed by atoms with Gasteiger partial charge in [-0.1, -0.05) is 35.9 Å². The predicted octanol–water partition coefficient (Wildman–Crippen LogP) is 7.05. The molecular weight excluding hydrogens is 669 g/mol. The minimum absolute atomic E-state index is 0.113. The number of fused-ring (bicyclic) bond motifs is 2. The molecule has 1 aliphatic heterocycles. The number of hydrogen-bond donors (Lipinski definition) is 2. The second kappa shape index (κ2) is 16.7. The van der Waals surface area contributed by atoms with Gasteiger partial charge in [0.05, 0.1) is 24.2 Å². The summed E-state index contributed by atoms with van der Waals surface area (Å²) >= 11 is 5.84. The molecule has 51 heavy (non-hydrogen) atoms. The molecule has 0 radical (unpaired) electrons. The Morgan fingerprint density at radius 1 is 1.02 bits per heavy atom. The van der Waals surface area contributed by atoms with Crippen LogP contribution in [-0.4, -0.2) is 63.8 Å². The summed E-state index contributed by atoms with van der Waals surface area (Å²) in [5.74, 6) is 1.93. The molecule has 2 N–H and O–H groups in total. The van der Waals surface area contributed by atoms with Crippen LogP contribution in [0.15, 0.2) is 66.7 Å². The molecule has 11 heteroatoms. The average Bonchev–Trinajstić information content (AvgIpc) is 3.66. The molecule has 7 rings (SSSR count). The van der Waals surface area contributed by atoms with Gasteiger partial charge in [-0.2, -0.15) is 0 Å². The fraction of sp³-hybridized carbons (Fsp3) is 0.375. The van der Waals surface area contributed by atoms with Gasteiger partial charge in [-0.3, -0.25) is 9.69 Å². The van der Waals surface area contributed by atoms with Crippen LogP contribution in [0.4, 0.5) is 4.39 Å². The Kier molecular flexibility index (Phi) is 11.9. The maximum atomic E-state index is 14.1. The monoisotopic (exact) mass is 713 g/mol. The van der Waals surface area contributed by atoms with Gasteiger partial charge >= 0.3 is 0 Å². The number of phenols is 1. The van der Waals surface area contributed by atoms with E-state index >= 15 is 0 Å². The van der Waals surface area contributed by atoms with Crippen LogP contribution in [-0.2, 0) is 42.1 Å². The normalized spacial score (nSPS) is 16.1. The van der Waals surface area contributed by atoms with Crippen LogP contribution in [0.5, 0.6) is 11.6 Å². The van der Waals surface area contributed by atoms with E-state index in [1.807, 2.05) is 25.1 Å². The third kappa shape index (κ3) is 9.05. The lowest BCUT2D eigenvalue weighted by molar-refractivity contribution is -0.110. The molecule has 0 spiro atoms. The van der Waals surface area contributed by atoms with E-state index in [4.69, 9.17) is 31.0 Å². The summed E-state index contributed by atoms with van der Waals surface area (Å²) in [7, 11) is 1.73. The summed E-state index contributed by atoms with van der Waals surface area (Å²) in [6.45, 7) is 8.30. The average molecular weight is 714 g/mol. The van der Waals surface area contributed by atoms with Gasteiger partial charge in [-0.15, -0.1) is 0 Å². The fourth-order valence-electron chi connectivity index (χ4n) is 6.96. The summed E-state index contributed by atoms with van der Waals surface area (Å²) < 4.78 is 27.5. The Balaban J connectivity index is 0.000000267. The Labute approximate surface area is 303 Å². The molecule has 3 heterocycles. The van der Waals surface area contributed by atoms with Gasteiger partial charge in [0, 0.05) is 48.0 Å². The van der Waals surface area contributed by atoms with Crippen molar-refractivity contribution in [3.05, 3.63) is 117 Å². The number of benzene rings is 3. The summed E-state index contributed by atoms with van der Waals surface area (Å²) in [6, 6.07) is 20.9. The number of nitrogens with one attached hydrogen (secondary N) is 1. The quantitative estimate of drug-likeness (QED) is 0.142. The van der Waals surface area contributed by atoms with Crippen molar-refractivity contribution in [3.8, 4) is 11.6 Å². The number of imidazole rings is 1. The molecule has 0 bridgehead atoms. The number of piperidine rings is 1. The number of ether oxygens (including phenoxy) is 2. The number of aromatic hydroxyl groups is 1. The molecule has 1 amide bonds. The number of carbonyl (C=O) groups excluding carboxylic acids is 1. The number of rotatable bonds is 11. The smallest absolute Gasteiger partial charge is 0.213 e. The fourth-order valence-corrected chi connectivity index (χ4v) is 7.11. The highest BCUT2D eigenvalue weighted by molar-refractivity contribution is 6.30. The Hall–Kier alpha value is -4.51. The third-order valence-corrected chi connectivity index (χ3v) is 10.00. The highest BCUT2D eigenvalue weighted by atomic mass is 35.5. The van der Waals surface area contributed by atoms with Crippen LogP contribution < -0.4 is 10.1 Å². The number of halogens is 2. The molecule has 1 atom stereocenters. The lowest BCUT2D eigenvalue weighted by Crippen LogP contribution is -2.33. The standard InChI is InChI=1S/C29H32ClFN4O2.C11H13NO2/c1-20-6-9-27-26(16-20)32-28(35(27)14-15-36-2)18-34-12-10-21(11-13-34)25-4-3-5-29(33-25)37-19-22-7-8-23(30)17-24(22)31;1-7-2-8-3-10(12-6-13)4-9(8)5-11(7)14/h3-9,16-17,21H,10-15,18-19H2,1-2H3;2,5-6,10,14H,3-4H2,1H3,(H,12,13). The van der Waals surface area contributed by atoms with Crippen molar-refractivity contribution >= 4 is 29.0 Å². The van der Waals surface area contributed by atoms with Gasteiger partial charge in [-0.05, 0) is 111 Å². The number of phenolic OH excluding ortho intramolecular Hbond substituents is 1. The van der Waals surface area contributed by atoms with Crippen molar-refractivity contribution in [2.75, 3.05) is 26.8 Å². The molecular formula is C40H45ClFN5O4. The van der Waals surface area contributed by atoms with E-state index in [9.17, 15) is 14.3 Å². The topological polar surface area (TPSA) is 102 Å². The molecule has 1 fully saturated rings. The first-order valence-electron chi connectivity index (χ1n) is 17.4.